The van der Waals surface area contributed by atoms with E-state index in [4.69, 9.17) is 5.73 Å². The molecule has 1 aliphatic heterocycles. The van der Waals surface area contributed by atoms with Crippen LogP contribution in [0.15, 0.2) is 30.5 Å². The average molecular weight is 245 g/mol. The Morgan fingerprint density at radius 3 is 3.00 bits per heavy atom. The summed E-state index contributed by atoms with van der Waals surface area (Å²) in [4.78, 5) is 6.71. The predicted molar refractivity (Wildman–Crippen MR) is 72.9 cm³/mol. The van der Waals surface area contributed by atoms with Crippen molar-refractivity contribution in [1.29, 1.82) is 0 Å². The third-order valence-electron chi connectivity index (χ3n) is 3.24. The van der Waals surface area contributed by atoms with Gasteiger partial charge in [-0.25, -0.2) is 4.98 Å². The number of fused-ring (bicyclic) bond motifs is 1. The number of benzene rings is 1. The normalized spacial score (nSPS) is 19.1. The zero-order chi connectivity index (χ0) is 11.8. The molecule has 3 nitrogen and oxygen atoms in total. The lowest BCUT2D eigenvalue weighted by atomic mass is 9.97. The number of rotatable bonds is 1. The lowest BCUT2D eigenvalue weighted by molar-refractivity contribution is 0.617. The predicted octanol–water partition coefficient (Wildman–Crippen LogP) is 3.20. The standard InChI is InChI=1S/C13H15N3S/c1-9-6-7-10-4-2-3-5-11(10)16(9)13-15-8-12(14)17-13/h2-5,8-9H,6-7,14H2,1H3. The molecule has 4 heteroatoms. The molecule has 0 fully saturated rings. The molecule has 0 bridgehead atoms. The fourth-order valence-corrected chi connectivity index (χ4v) is 3.17. The van der Waals surface area contributed by atoms with Gasteiger partial charge in [-0.2, -0.15) is 0 Å². The van der Waals surface area contributed by atoms with Crippen LogP contribution in [0.25, 0.3) is 0 Å². The first-order chi connectivity index (χ1) is 8.25. The number of aryl methyl sites for hydroxylation is 1. The fraction of sp³-hybridized carbons (Fsp3) is 0.308. The molecule has 0 saturated heterocycles. The Balaban J connectivity index is 2.09. The van der Waals surface area contributed by atoms with E-state index in [9.17, 15) is 0 Å². The molecule has 0 spiro atoms. The zero-order valence-corrected chi connectivity index (χ0v) is 10.6. The number of nitrogen functional groups attached to an aromatic ring is 1. The maximum atomic E-state index is 5.78. The lowest BCUT2D eigenvalue weighted by Gasteiger charge is -2.35. The molecule has 1 aromatic heterocycles. The van der Waals surface area contributed by atoms with E-state index in [0.29, 0.717) is 6.04 Å². The minimum absolute atomic E-state index is 0.482. The van der Waals surface area contributed by atoms with Crippen molar-refractivity contribution in [3.63, 3.8) is 0 Å². The molecule has 1 aromatic carbocycles. The second kappa shape index (κ2) is 4.04. The van der Waals surface area contributed by atoms with Crippen molar-refractivity contribution >= 4 is 27.2 Å². The number of nitrogens with zero attached hydrogens (tertiary/aromatic N) is 2. The molecular formula is C13H15N3S. The number of anilines is 3. The first-order valence-corrected chi connectivity index (χ1v) is 6.66. The van der Waals surface area contributed by atoms with Gasteiger partial charge in [-0.3, -0.25) is 0 Å². The van der Waals surface area contributed by atoms with Crippen LogP contribution in [0.4, 0.5) is 15.8 Å². The first-order valence-electron chi connectivity index (χ1n) is 5.84. The summed E-state index contributed by atoms with van der Waals surface area (Å²) in [6.07, 6.45) is 4.05. The van der Waals surface area contributed by atoms with Gasteiger partial charge in [0.05, 0.1) is 6.20 Å². The monoisotopic (exact) mass is 245 g/mol. The summed E-state index contributed by atoms with van der Waals surface area (Å²) < 4.78 is 0. The summed E-state index contributed by atoms with van der Waals surface area (Å²) in [5.41, 5.74) is 8.46. The Morgan fingerprint density at radius 2 is 2.24 bits per heavy atom. The largest absolute Gasteiger partial charge is 0.389 e. The van der Waals surface area contributed by atoms with Crippen LogP contribution < -0.4 is 10.6 Å². The van der Waals surface area contributed by atoms with Crippen LogP contribution in [-0.2, 0) is 6.42 Å². The summed E-state index contributed by atoms with van der Waals surface area (Å²) in [7, 11) is 0. The van der Waals surface area contributed by atoms with Gasteiger partial charge < -0.3 is 10.6 Å². The van der Waals surface area contributed by atoms with Crippen LogP contribution in [0, 0.1) is 0 Å². The van der Waals surface area contributed by atoms with E-state index in [1.165, 1.54) is 11.3 Å². The van der Waals surface area contributed by atoms with Crippen molar-refractivity contribution in [2.24, 2.45) is 0 Å². The Labute approximate surface area is 105 Å². The van der Waals surface area contributed by atoms with E-state index >= 15 is 0 Å². The van der Waals surface area contributed by atoms with Gasteiger partial charge in [-0.05, 0) is 31.4 Å². The Bertz CT molecular complexity index is 535. The van der Waals surface area contributed by atoms with Gasteiger partial charge >= 0.3 is 0 Å². The summed E-state index contributed by atoms with van der Waals surface area (Å²) in [6, 6.07) is 9.04. The third-order valence-corrected chi connectivity index (χ3v) is 4.07. The van der Waals surface area contributed by atoms with E-state index < -0.39 is 0 Å². The Hall–Kier alpha value is -1.55. The summed E-state index contributed by atoms with van der Waals surface area (Å²) in [6.45, 7) is 2.24. The van der Waals surface area contributed by atoms with Gasteiger partial charge in [-0.15, -0.1) is 0 Å². The molecule has 1 aliphatic rings. The van der Waals surface area contributed by atoms with Crippen molar-refractivity contribution in [1.82, 2.24) is 4.98 Å². The van der Waals surface area contributed by atoms with Gasteiger partial charge in [0, 0.05) is 11.7 Å². The van der Waals surface area contributed by atoms with Gasteiger partial charge in [0.1, 0.15) is 5.00 Å². The third kappa shape index (κ3) is 1.78. The zero-order valence-electron chi connectivity index (χ0n) is 9.76. The molecule has 3 rings (SSSR count). The number of thiazole rings is 1. The van der Waals surface area contributed by atoms with Crippen LogP contribution in [-0.4, -0.2) is 11.0 Å². The number of hydrogen-bond acceptors (Lipinski definition) is 4. The van der Waals surface area contributed by atoms with Crippen LogP contribution in [0.5, 0.6) is 0 Å². The molecule has 88 valence electrons. The number of nitrogens with two attached hydrogens (primary N) is 1. The molecule has 2 N–H and O–H groups in total. The Kier molecular flexibility index (Phi) is 2.52. The van der Waals surface area contributed by atoms with Crippen molar-refractivity contribution in [2.45, 2.75) is 25.8 Å². The Morgan fingerprint density at radius 1 is 1.41 bits per heavy atom. The van der Waals surface area contributed by atoms with E-state index in [1.54, 1.807) is 17.5 Å². The quantitative estimate of drug-likeness (QED) is 0.839. The van der Waals surface area contributed by atoms with Crippen molar-refractivity contribution in [3.8, 4) is 0 Å². The van der Waals surface area contributed by atoms with Crippen molar-refractivity contribution < 1.29 is 0 Å². The van der Waals surface area contributed by atoms with E-state index in [2.05, 4.69) is 41.1 Å². The highest BCUT2D eigenvalue weighted by atomic mass is 32.1. The van der Waals surface area contributed by atoms with Crippen LogP contribution >= 0.6 is 11.3 Å². The molecule has 0 saturated carbocycles. The van der Waals surface area contributed by atoms with Crippen molar-refractivity contribution in [3.05, 3.63) is 36.0 Å². The SMILES string of the molecule is CC1CCc2ccccc2N1c1ncc(N)s1. The summed E-state index contributed by atoms with van der Waals surface area (Å²) in [5.74, 6) is 0. The molecule has 0 amide bonds. The minimum Gasteiger partial charge on any atom is -0.389 e. The average Bonchev–Trinajstić information content (AvgIpc) is 2.75. The second-order valence-corrected chi connectivity index (χ2v) is 5.47. The van der Waals surface area contributed by atoms with Crippen LogP contribution in [0.1, 0.15) is 18.9 Å². The minimum atomic E-state index is 0.482. The van der Waals surface area contributed by atoms with Crippen LogP contribution in [0.3, 0.4) is 0 Å². The van der Waals surface area contributed by atoms with Crippen molar-refractivity contribution in [2.75, 3.05) is 10.6 Å². The van der Waals surface area contributed by atoms with Gasteiger partial charge in [0.25, 0.3) is 0 Å². The van der Waals surface area contributed by atoms with E-state index in [1.807, 2.05) is 0 Å². The van der Waals surface area contributed by atoms with Gasteiger partial charge in [0.2, 0.25) is 0 Å². The van der Waals surface area contributed by atoms with Gasteiger partial charge in [0.15, 0.2) is 5.13 Å². The second-order valence-electron chi connectivity index (χ2n) is 4.43. The lowest BCUT2D eigenvalue weighted by Crippen LogP contribution is -2.33. The summed E-state index contributed by atoms with van der Waals surface area (Å²) >= 11 is 1.55. The number of hydrogen-bond donors (Lipinski definition) is 1. The molecule has 2 heterocycles. The topological polar surface area (TPSA) is 42.2 Å². The van der Waals surface area contributed by atoms with E-state index in [0.717, 1.165) is 23.0 Å². The first kappa shape index (κ1) is 10.6. The molecule has 17 heavy (non-hydrogen) atoms. The maximum absolute atomic E-state index is 5.78. The molecule has 1 unspecified atom stereocenters. The molecule has 2 aromatic rings. The fourth-order valence-electron chi connectivity index (χ4n) is 2.37. The van der Waals surface area contributed by atoms with Crippen LogP contribution in [0.2, 0.25) is 0 Å². The van der Waals surface area contributed by atoms with Gasteiger partial charge in [-0.1, -0.05) is 29.5 Å². The molecule has 1 atom stereocenters. The summed E-state index contributed by atoms with van der Waals surface area (Å²) in [5, 5.41) is 1.78. The molecule has 0 radical (unpaired) electrons. The highest BCUT2D eigenvalue weighted by Gasteiger charge is 2.25. The highest BCUT2D eigenvalue weighted by Crippen LogP contribution is 2.38. The molecular weight excluding hydrogens is 230 g/mol. The maximum Gasteiger partial charge on any atom is 0.192 e. The number of aromatic nitrogens is 1. The molecule has 0 aliphatic carbocycles. The number of para-hydroxylation sites is 1. The smallest absolute Gasteiger partial charge is 0.192 e. The highest BCUT2D eigenvalue weighted by molar-refractivity contribution is 7.19. The van der Waals surface area contributed by atoms with E-state index in [-0.39, 0.29) is 0 Å².